The standard InChI is InChI=1S/C14H19NO2/c1-10(12-6-4-3-5-7-12)15-11(2)13-8-9-17-14(13)16/h3-7,10-11,13,15H,8-9H2,1-2H3/t10-,11-,13+/m1/s1. The van der Waals surface area contributed by atoms with Crippen molar-refractivity contribution in [2.24, 2.45) is 5.92 Å². The number of carbonyl (C=O) groups is 1. The van der Waals surface area contributed by atoms with E-state index in [0.717, 1.165) is 6.42 Å². The summed E-state index contributed by atoms with van der Waals surface area (Å²) in [6.45, 7) is 4.73. The molecule has 1 aliphatic heterocycles. The molecule has 0 aliphatic carbocycles. The molecule has 0 amide bonds. The van der Waals surface area contributed by atoms with Crippen LogP contribution in [0.2, 0.25) is 0 Å². The van der Waals surface area contributed by atoms with Gasteiger partial charge < -0.3 is 10.1 Å². The summed E-state index contributed by atoms with van der Waals surface area (Å²) < 4.78 is 4.99. The van der Waals surface area contributed by atoms with Crippen LogP contribution in [0.5, 0.6) is 0 Å². The van der Waals surface area contributed by atoms with E-state index in [1.807, 2.05) is 18.2 Å². The molecule has 1 aromatic carbocycles. The normalized spacial score (nSPS) is 23.2. The Balaban J connectivity index is 1.94. The van der Waals surface area contributed by atoms with Gasteiger partial charge in [0.1, 0.15) is 0 Å². The zero-order valence-corrected chi connectivity index (χ0v) is 10.3. The van der Waals surface area contributed by atoms with Crippen LogP contribution in [0.4, 0.5) is 0 Å². The van der Waals surface area contributed by atoms with E-state index in [-0.39, 0.29) is 24.0 Å². The molecule has 1 N–H and O–H groups in total. The molecule has 1 aromatic rings. The minimum Gasteiger partial charge on any atom is -0.465 e. The van der Waals surface area contributed by atoms with Gasteiger partial charge in [0.05, 0.1) is 12.5 Å². The van der Waals surface area contributed by atoms with Gasteiger partial charge in [-0.25, -0.2) is 0 Å². The van der Waals surface area contributed by atoms with Crippen LogP contribution in [0.25, 0.3) is 0 Å². The third kappa shape index (κ3) is 2.86. The fourth-order valence-corrected chi connectivity index (χ4v) is 2.31. The summed E-state index contributed by atoms with van der Waals surface area (Å²) >= 11 is 0. The Labute approximate surface area is 102 Å². The first-order chi connectivity index (χ1) is 8.18. The van der Waals surface area contributed by atoms with E-state index in [2.05, 4.69) is 31.3 Å². The number of rotatable bonds is 4. The molecule has 1 aliphatic rings. The maximum Gasteiger partial charge on any atom is 0.310 e. The van der Waals surface area contributed by atoms with Crippen LogP contribution in [0, 0.1) is 5.92 Å². The predicted octanol–water partition coefficient (Wildman–Crippen LogP) is 2.29. The van der Waals surface area contributed by atoms with Crippen molar-refractivity contribution in [2.45, 2.75) is 32.4 Å². The SMILES string of the molecule is C[C@@H](N[C@H](C)[C@@H]1CCOC1=O)c1ccccc1. The van der Waals surface area contributed by atoms with Gasteiger partial charge in [-0.1, -0.05) is 30.3 Å². The lowest BCUT2D eigenvalue weighted by atomic mass is 9.98. The van der Waals surface area contributed by atoms with Crippen molar-refractivity contribution in [1.29, 1.82) is 0 Å². The molecule has 1 heterocycles. The first kappa shape index (κ1) is 12.1. The summed E-state index contributed by atoms with van der Waals surface area (Å²) in [5, 5.41) is 3.47. The molecule has 3 heteroatoms. The van der Waals surface area contributed by atoms with Crippen LogP contribution in [0.3, 0.4) is 0 Å². The van der Waals surface area contributed by atoms with Crippen LogP contribution >= 0.6 is 0 Å². The average molecular weight is 233 g/mol. The van der Waals surface area contributed by atoms with Crippen LogP contribution in [-0.2, 0) is 9.53 Å². The van der Waals surface area contributed by atoms with Gasteiger partial charge in [0, 0.05) is 12.1 Å². The number of nitrogens with one attached hydrogen (secondary N) is 1. The van der Waals surface area contributed by atoms with Crippen molar-refractivity contribution in [3.63, 3.8) is 0 Å². The second-order valence-electron chi connectivity index (χ2n) is 4.65. The molecule has 0 spiro atoms. The molecule has 17 heavy (non-hydrogen) atoms. The molecule has 0 aromatic heterocycles. The van der Waals surface area contributed by atoms with Crippen LogP contribution in [0.1, 0.15) is 31.9 Å². The van der Waals surface area contributed by atoms with Crippen LogP contribution < -0.4 is 5.32 Å². The van der Waals surface area contributed by atoms with Gasteiger partial charge in [0.15, 0.2) is 0 Å². The molecule has 3 nitrogen and oxygen atoms in total. The van der Waals surface area contributed by atoms with E-state index in [9.17, 15) is 4.79 Å². The summed E-state index contributed by atoms with van der Waals surface area (Å²) in [5.41, 5.74) is 1.24. The van der Waals surface area contributed by atoms with Crippen molar-refractivity contribution >= 4 is 5.97 Å². The molecular weight excluding hydrogens is 214 g/mol. The van der Waals surface area contributed by atoms with Crippen LogP contribution in [-0.4, -0.2) is 18.6 Å². The van der Waals surface area contributed by atoms with Crippen molar-refractivity contribution in [3.8, 4) is 0 Å². The van der Waals surface area contributed by atoms with Crippen molar-refractivity contribution in [2.75, 3.05) is 6.61 Å². The van der Waals surface area contributed by atoms with Gasteiger partial charge in [0.2, 0.25) is 0 Å². The number of benzene rings is 1. The predicted molar refractivity (Wildman–Crippen MR) is 66.5 cm³/mol. The van der Waals surface area contributed by atoms with Gasteiger partial charge in [-0.2, -0.15) is 0 Å². The van der Waals surface area contributed by atoms with E-state index in [1.54, 1.807) is 0 Å². The molecular formula is C14H19NO2. The number of cyclic esters (lactones) is 1. The largest absolute Gasteiger partial charge is 0.465 e. The number of hydrogen-bond acceptors (Lipinski definition) is 3. The molecule has 0 saturated carbocycles. The highest BCUT2D eigenvalue weighted by atomic mass is 16.5. The van der Waals surface area contributed by atoms with E-state index in [4.69, 9.17) is 4.74 Å². The Bertz CT molecular complexity index is 377. The number of ether oxygens (including phenoxy) is 1. The van der Waals surface area contributed by atoms with Crippen LogP contribution in [0.15, 0.2) is 30.3 Å². The van der Waals surface area contributed by atoms with Gasteiger partial charge in [-0.15, -0.1) is 0 Å². The van der Waals surface area contributed by atoms with E-state index < -0.39 is 0 Å². The quantitative estimate of drug-likeness (QED) is 0.811. The highest BCUT2D eigenvalue weighted by molar-refractivity contribution is 5.74. The van der Waals surface area contributed by atoms with E-state index in [1.165, 1.54) is 5.56 Å². The lowest BCUT2D eigenvalue weighted by molar-refractivity contribution is -0.141. The Kier molecular flexibility index (Phi) is 3.79. The third-order valence-corrected chi connectivity index (χ3v) is 3.39. The zero-order chi connectivity index (χ0) is 12.3. The topological polar surface area (TPSA) is 38.3 Å². The lowest BCUT2D eigenvalue weighted by Gasteiger charge is -2.23. The highest BCUT2D eigenvalue weighted by Gasteiger charge is 2.32. The van der Waals surface area contributed by atoms with Crippen molar-refractivity contribution < 1.29 is 9.53 Å². The number of hydrogen-bond donors (Lipinski definition) is 1. The third-order valence-electron chi connectivity index (χ3n) is 3.39. The molecule has 3 atom stereocenters. The first-order valence-electron chi connectivity index (χ1n) is 6.16. The molecule has 0 radical (unpaired) electrons. The Morgan fingerprint density at radius 2 is 2.00 bits per heavy atom. The van der Waals surface area contributed by atoms with Crippen molar-refractivity contribution in [3.05, 3.63) is 35.9 Å². The van der Waals surface area contributed by atoms with Gasteiger partial charge in [-0.05, 0) is 25.8 Å². The fourth-order valence-electron chi connectivity index (χ4n) is 2.31. The summed E-state index contributed by atoms with van der Waals surface area (Å²) in [6.07, 6.45) is 0.828. The summed E-state index contributed by atoms with van der Waals surface area (Å²) in [6, 6.07) is 10.7. The lowest BCUT2D eigenvalue weighted by Crippen LogP contribution is -2.37. The Morgan fingerprint density at radius 3 is 2.59 bits per heavy atom. The molecule has 0 unspecified atom stereocenters. The fraction of sp³-hybridized carbons (Fsp3) is 0.500. The number of esters is 1. The molecule has 1 fully saturated rings. The summed E-state index contributed by atoms with van der Waals surface area (Å²) in [5.74, 6) is -0.0635. The van der Waals surface area contributed by atoms with E-state index >= 15 is 0 Å². The minimum atomic E-state index is -0.0646. The summed E-state index contributed by atoms with van der Waals surface area (Å²) in [4.78, 5) is 11.5. The molecule has 1 saturated heterocycles. The van der Waals surface area contributed by atoms with Gasteiger partial charge in [-0.3, -0.25) is 4.79 Å². The molecule has 92 valence electrons. The van der Waals surface area contributed by atoms with Crippen molar-refractivity contribution in [1.82, 2.24) is 5.32 Å². The van der Waals surface area contributed by atoms with Gasteiger partial charge >= 0.3 is 5.97 Å². The molecule has 0 bridgehead atoms. The van der Waals surface area contributed by atoms with E-state index in [0.29, 0.717) is 6.61 Å². The second kappa shape index (κ2) is 5.32. The minimum absolute atomic E-state index is 0.00108. The van der Waals surface area contributed by atoms with Gasteiger partial charge in [0.25, 0.3) is 0 Å². The maximum absolute atomic E-state index is 11.5. The molecule has 2 rings (SSSR count). The Hall–Kier alpha value is -1.35. The average Bonchev–Trinajstić information content (AvgIpc) is 2.76. The summed E-state index contributed by atoms with van der Waals surface area (Å²) in [7, 11) is 0. The zero-order valence-electron chi connectivity index (χ0n) is 10.3. The monoisotopic (exact) mass is 233 g/mol. The first-order valence-corrected chi connectivity index (χ1v) is 6.16. The maximum atomic E-state index is 11.5. The Morgan fingerprint density at radius 1 is 1.29 bits per heavy atom. The highest BCUT2D eigenvalue weighted by Crippen LogP contribution is 2.21. The number of carbonyl (C=O) groups excluding carboxylic acids is 1. The second-order valence-corrected chi connectivity index (χ2v) is 4.65. The smallest absolute Gasteiger partial charge is 0.310 e.